The molecule has 1 atom stereocenters. The number of nitrogens with zero attached hydrogens (tertiary/aromatic N) is 2. The highest BCUT2D eigenvalue weighted by Crippen LogP contribution is 2.23. The molecule has 2 heterocycles. The molecular formula is C18H26N2O3S. The maximum atomic E-state index is 12.8. The van der Waals surface area contributed by atoms with E-state index in [1.807, 2.05) is 4.90 Å². The lowest BCUT2D eigenvalue weighted by Gasteiger charge is -2.31. The molecule has 0 aromatic heterocycles. The van der Waals surface area contributed by atoms with Crippen molar-refractivity contribution in [3.05, 3.63) is 29.8 Å². The van der Waals surface area contributed by atoms with E-state index in [9.17, 15) is 13.2 Å². The third kappa shape index (κ3) is 3.64. The molecule has 0 N–H and O–H groups in total. The number of benzene rings is 1. The highest BCUT2D eigenvalue weighted by Gasteiger charge is 2.27. The Hall–Kier alpha value is -1.40. The monoisotopic (exact) mass is 350 g/mol. The molecule has 1 aromatic rings. The summed E-state index contributed by atoms with van der Waals surface area (Å²) >= 11 is 0. The zero-order chi connectivity index (χ0) is 17.2. The Balaban J connectivity index is 1.82. The van der Waals surface area contributed by atoms with Crippen molar-refractivity contribution in [2.24, 2.45) is 5.92 Å². The van der Waals surface area contributed by atoms with Crippen LogP contribution in [0, 0.1) is 5.92 Å². The lowest BCUT2D eigenvalue weighted by Crippen LogP contribution is -2.39. The number of carbonyl (C=O) groups excluding carboxylic acids is 1. The summed E-state index contributed by atoms with van der Waals surface area (Å²) in [5, 5.41) is 0. The minimum atomic E-state index is -3.50. The van der Waals surface area contributed by atoms with Gasteiger partial charge in [0.05, 0.1) is 4.90 Å². The third-order valence-electron chi connectivity index (χ3n) is 4.98. The molecule has 3 rings (SSSR count). The Kier molecular flexibility index (Phi) is 5.25. The predicted molar refractivity (Wildman–Crippen MR) is 93.4 cm³/mol. The van der Waals surface area contributed by atoms with E-state index >= 15 is 0 Å². The molecule has 24 heavy (non-hydrogen) atoms. The molecule has 2 aliphatic heterocycles. The Morgan fingerprint density at radius 3 is 2.54 bits per heavy atom. The number of carbonyl (C=O) groups is 1. The van der Waals surface area contributed by atoms with Gasteiger partial charge in [0.25, 0.3) is 5.91 Å². The fourth-order valence-electron chi connectivity index (χ4n) is 3.60. The second-order valence-corrected chi connectivity index (χ2v) is 8.93. The van der Waals surface area contributed by atoms with Gasteiger partial charge in [0, 0.05) is 31.7 Å². The van der Waals surface area contributed by atoms with Crippen LogP contribution in [0.3, 0.4) is 0 Å². The van der Waals surface area contributed by atoms with Crippen molar-refractivity contribution in [2.45, 2.75) is 43.9 Å². The molecule has 2 saturated heterocycles. The quantitative estimate of drug-likeness (QED) is 0.842. The van der Waals surface area contributed by atoms with E-state index in [1.165, 1.54) is 0 Å². The summed E-state index contributed by atoms with van der Waals surface area (Å²) in [6.07, 6.45) is 5.05. The molecule has 0 saturated carbocycles. The number of hydrogen-bond donors (Lipinski definition) is 0. The van der Waals surface area contributed by atoms with Gasteiger partial charge in [-0.2, -0.15) is 4.31 Å². The van der Waals surface area contributed by atoms with Gasteiger partial charge in [-0.25, -0.2) is 8.42 Å². The van der Waals surface area contributed by atoms with Gasteiger partial charge in [-0.15, -0.1) is 0 Å². The lowest BCUT2D eigenvalue weighted by atomic mass is 9.99. The Bertz CT molecular complexity index is 696. The smallest absolute Gasteiger partial charge is 0.253 e. The first-order chi connectivity index (χ1) is 11.5. The van der Waals surface area contributed by atoms with Crippen LogP contribution in [0.5, 0.6) is 0 Å². The lowest BCUT2D eigenvalue weighted by molar-refractivity contribution is 0.0683. The molecule has 2 aliphatic rings. The van der Waals surface area contributed by atoms with Gasteiger partial charge in [0.1, 0.15) is 0 Å². The second kappa shape index (κ2) is 7.23. The van der Waals surface area contributed by atoms with Gasteiger partial charge in [-0.1, -0.05) is 19.4 Å². The van der Waals surface area contributed by atoms with Gasteiger partial charge in [-0.3, -0.25) is 4.79 Å². The van der Waals surface area contributed by atoms with E-state index < -0.39 is 10.0 Å². The number of likely N-dealkylation sites (tertiary alicyclic amines) is 1. The Morgan fingerprint density at radius 1 is 1.08 bits per heavy atom. The number of sulfonamides is 1. The van der Waals surface area contributed by atoms with Crippen molar-refractivity contribution in [3.63, 3.8) is 0 Å². The first-order valence-electron chi connectivity index (χ1n) is 8.88. The minimum Gasteiger partial charge on any atom is -0.338 e. The van der Waals surface area contributed by atoms with Crippen molar-refractivity contribution in [2.75, 3.05) is 26.2 Å². The zero-order valence-electron chi connectivity index (χ0n) is 14.3. The van der Waals surface area contributed by atoms with Crippen molar-refractivity contribution >= 4 is 15.9 Å². The number of amides is 1. The fraction of sp³-hybridized carbons (Fsp3) is 0.611. The minimum absolute atomic E-state index is 0.0581. The maximum absolute atomic E-state index is 12.8. The fourth-order valence-corrected chi connectivity index (χ4v) is 5.16. The molecule has 6 heteroatoms. The topological polar surface area (TPSA) is 57.7 Å². The standard InChI is InChI=1S/C18H26N2O3S/c1-15-7-6-10-19(14-15)18(21)16-8-5-9-17(13-16)24(22,23)20-11-3-2-4-12-20/h5,8-9,13,15H,2-4,6-7,10-12,14H2,1H3/t15-/m0/s1. The van der Waals surface area contributed by atoms with Crippen molar-refractivity contribution in [1.82, 2.24) is 9.21 Å². The highest BCUT2D eigenvalue weighted by molar-refractivity contribution is 7.89. The van der Waals surface area contributed by atoms with Crippen LogP contribution < -0.4 is 0 Å². The molecule has 132 valence electrons. The summed E-state index contributed by atoms with van der Waals surface area (Å²) < 4.78 is 27.1. The van der Waals surface area contributed by atoms with Crippen LogP contribution in [0.15, 0.2) is 29.2 Å². The third-order valence-corrected chi connectivity index (χ3v) is 6.87. The van der Waals surface area contributed by atoms with E-state index in [1.54, 1.807) is 28.6 Å². The summed E-state index contributed by atoms with van der Waals surface area (Å²) in [6, 6.07) is 6.54. The molecule has 1 amide bonds. The van der Waals surface area contributed by atoms with Crippen LogP contribution in [0.2, 0.25) is 0 Å². The van der Waals surface area contributed by atoms with Crippen molar-refractivity contribution < 1.29 is 13.2 Å². The van der Waals surface area contributed by atoms with E-state index in [0.29, 0.717) is 24.6 Å². The zero-order valence-corrected chi connectivity index (χ0v) is 15.1. The van der Waals surface area contributed by atoms with E-state index in [0.717, 1.165) is 45.2 Å². The molecule has 0 radical (unpaired) electrons. The molecule has 0 aliphatic carbocycles. The maximum Gasteiger partial charge on any atom is 0.253 e. The number of hydrogen-bond acceptors (Lipinski definition) is 3. The second-order valence-electron chi connectivity index (χ2n) is 6.99. The van der Waals surface area contributed by atoms with E-state index in [2.05, 4.69) is 6.92 Å². The largest absolute Gasteiger partial charge is 0.338 e. The van der Waals surface area contributed by atoms with Crippen molar-refractivity contribution in [3.8, 4) is 0 Å². The summed E-state index contributed by atoms with van der Waals surface area (Å²) in [4.78, 5) is 14.8. The van der Waals surface area contributed by atoms with Crippen LogP contribution in [0.1, 0.15) is 49.4 Å². The van der Waals surface area contributed by atoms with Crippen LogP contribution in [-0.2, 0) is 10.0 Å². The first-order valence-corrected chi connectivity index (χ1v) is 10.3. The summed E-state index contributed by atoms with van der Waals surface area (Å²) in [6.45, 7) is 4.80. The van der Waals surface area contributed by atoms with Gasteiger partial charge in [0.2, 0.25) is 10.0 Å². The predicted octanol–water partition coefficient (Wildman–Crippen LogP) is 2.73. The average Bonchev–Trinajstić information content (AvgIpc) is 2.62. The van der Waals surface area contributed by atoms with Gasteiger partial charge in [-0.05, 0) is 49.8 Å². The molecule has 0 spiro atoms. The van der Waals surface area contributed by atoms with E-state index in [-0.39, 0.29) is 10.8 Å². The summed E-state index contributed by atoms with van der Waals surface area (Å²) in [5.74, 6) is 0.445. The van der Waals surface area contributed by atoms with Crippen LogP contribution >= 0.6 is 0 Å². The molecule has 2 fully saturated rings. The molecule has 5 nitrogen and oxygen atoms in total. The normalized spacial score (nSPS) is 23.2. The average molecular weight is 350 g/mol. The molecule has 1 aromatic carbocycles. The number of piperidine rings is 2. The number of rotatable bonds is 3. The van der Waals surface area contributed by atoms with Gasteiger partial charge in [0.15, 0.2) is 0 Å². The molecule has 0 unspecified atom stereocenters. The van der Waals surface area contributed by atoms with Crippen molar-refractivity contribution in [1.29, 1.82) is 0 Å². The van der Waals surface area contributed by atoms with Crippen LogP contribution in [-0.4, -0.2) is 49.7 Å². The van der Waals surface area contributed by atoms with Gasteiger partial charge < -0.3 is 4.90 Å². The van der Waals surface area contributed by atoms with Crippen LogP contribution in [0.4, 0.5) is 0 Å². The summed E-state index contributed by atoms with van der Waals surface area (Å²) in [7, 11) is -3.50. The Labute approximate surface area is 144 Å². The summed E-state index contributed by atoms with van der Waals surface area (Å²) in [5.41, 5.74) is 0.474. The molecule has 0 bridgehead atoms. The SMILES string of the molecule is C[C@H]1CCCN(C(=O)c2cccc(S(=O)(=O)N3CCCCC3)c2)C1. The highest BCUT2D eigenvalue weighted by atomic mass is 32.2. The Morgan fingerprint density at radius 2 is 1.83 bits per heavy atom. The van der Waals surface area contributed by atoms with E-state index in [4.69, 9.17) is 0 Å². The first kappa shape index (κ1) is 17.4. The van der Waals surface area contributed by atoms with Gasteiger partial charge >= 0.3 is 0 Å². The molecular weight excluding hydrogens is 324 g/mol. The van der Waals surface area contributed by atoms with Crippen LogP contribution in [0.25, 0.3) is 0 Å².